The van der Waals surface area contributed by atoms with Crippen molar-refractivity contribution in [3.63, 3.8) is 0 Å². The average molecular weight is 271 g/mol. The minimum atomic E-state index is -0.241. The second kappa shape index (κ2) is 4.80. The maximum absolute atomic E-state index is 12.5. The first-order valence-corrected chi connectivity index (χ1v) is 6.26. The van der Waals surface area contributed by atoms with E-state index < -0.39 is 0 Å². The molecule has 1 aromatic carbocycles. The molecule has 20 heavy (non-hydrogen) atoms. The molecule has 0 bridgehead atoms. The molecule has 1 aliphatic rings. The van der Waals surface area contributed by atoms with Crippen molar-refractivity contribution < 1.29 is 14.5 Å². The molecule has 0 spiro atoms. The predicted molar refractivity (Wildman–Crippen MR) is 72.3 cm³/mol. The van der Waals surface area contributed by atoms with Crippen LogP contribution in [0.3, 0.4) is 0 Å². The van der Waals surface area contributed by atoms with E-state index in [4.69, 9.17) is 9.73 Å². The van der Waals surface area contributed by atoms with Crippen LogP contribution in [-0.4, -0.2) is 28.5 Å². The van der Waals surface area contributed by atoms with Crippen LogP contribution in [-0.2, 0) is 0 Å². The number of para-hydroxylation sites is 1. The van der Waals surface area contributed by atoms with Gasteiger partial charge in [-0.3, -0.25) is 4.79 Å². The van der Waals surface area contributed by atoms with Gasteiger partial charge in [-0.2, -0.15) is 0 Å². The smallest absolute Gasteiger partial charge is 0.296 e. The lowest BCUT2D eigenvalue weighted by Crippen LogP contribution is -2.37. The SMILES string of the molecule is Cc1cc(C(=O)N2CCC(=NO)c3ccccc32)on1. The third kappa shape index (κ3) is 1.95. The molecule has 1 aliphatic heterocycles. The van der Waals surface area contributed by atoms with Gasteiger partial charge < -0.3 is 14.6 Å². The summed E-state index contributed by atoms with van der Waals surface area (Å²) in [7, 11) is 0. The Balaban J connectivity index is 2.02. The van der Waals surface area contributed by atoms with Gasteiger partial charge in [0.15, 0.2) is 0 Å². The number of aromatic nitrogens is 1. The minimum absolute atomic E-state index is 0.210. The Morgan fingerprint density at radius 2 is 2.25 bits per heavy atom. The third-order valence-electron chi connectivity index (χ3n) is 3.28. The van der Waals surface area contributed by atoms with Crippen LogP contribution in [0.2, 0.25) is 0 Å². The maximum Gasteiger partial charge on any atom is 0.296 e. The van der Waals surface area contributed by atoms with E-state index in [1.165, 1.54) is 0 Å². The standard InChI is InChI=1S/C14H13N3O3/c1-9-8-13(20-16-9)14(18)17-7-6-11(15-19)10-4-2-3-5-12(10)17/h2-5,8,19H,6-7H2,1H3. The predicted octanol–water partition coefficient (Wildman–Crippen LogP) is 2.21. The summed E-state index contributed by atoms with van der Waals surface area (Å²) in [5.74, 6) is -0.0308. The molecule has 6 nitrogen and oxygen atoms in total. The number of amides is 1. The van der Waals surface area contributed by atoms with Gasteiger partial charge in [-0.15, -0.1) is 0 Å². The lowest BCUT2D eigenvalue weighted by atomic mass is 9.99. The molecule has 0 radical (unpaired) electrons. The van der Waals surface area contributed by atoms with Crippen molar-refractivity contribution in [1.29, 1.82) is 0 Å². The number of hydrogen-bond donors (Lipinski definition) is 1. The molecule has 2 heterocycles. The fraction of sp³-hybridized carbons (Fsp3) is 0.214. The second-order valence-electron chi connectivity index (χ2n) is 4.60. The van der Waals surface area contributed by atoms with E-state index >= 15 is 0 Å². The fourth-order valence-electron chi connectivity index (χ4n) is 2.34. The normalized spacial score (nSPS) is 16.2. The van der Waals surface area contributed by atoms with Crippen molar-refractivity contribution in [2.75, 3.05) is 11.4 Å². The zero-order valence-corrected chi connectivity index (χ0v) is 10.9. The summed E-state index contributed by atoms with van der Waals surface area (Å²) in [5.41, 5.74) is 2.71. The van der Waals surface area contributed by atoms with E-state index in [0.717, 1.165) is 5.56 Å². The summed E-state index contributed by atoms with van der Waals surface area (Å²) in [6.07, 6.45) is 0.492. The molecule has 1 aromatic heterocycles. The van der Waals surface area contributed by atoms with Crippen LogP contribution in [0.5, 0.6) is 0 Å². The number of carbonyl (C=O) groups is 1. The number of aryl methyl sites for hydroxylation is 1. The van der Waals surface area contributed by atoms with Gasteiger partial charge in [0, 0.05) is 24.6 Å². The molecule has 0 saturated heterocycles. The summed E-state index contributed by atoms with van der Waals surface area (Å²) in [4.78, 5) is 14.1. The van der Waals surface area contributed by atoms with Gasteiger partial charge in [0.25, 0.3) is 5.91 Å². The van der Waals surface area contributed by atoms with Gasteiger partial charge in [-0.05, 0) is 13.0 Å². The van der Waals surface area contributed by atoms with Gasteiger partial charge in [0.05, 0.1) is 17.1 Å². The van der Waals surface area contributed by atoms with Crippen molar-refractivity contribution in [1.82, 2.24) is 5.16 Å². The van der Waals surface area contributed by atoms with E-state index in [-0.39, 0.29) is 11.7 Å². The van der Waals surface area contributed by atoms with Crippen molar-refractivity contribution in [3.8, 4) is 0 Å². The minimum Gasteiger partial charge on any atom is -0.411 e. The van der Waals surface area contributed by atoms with Crippen LogP contribution in [0.4, 0.5) is 5.69 Å². The molecule has 3 rings (SSSR count). The quantitative estimate of drug-likeness (QED) is 0.637. The fourth-order valence-corrected chi connectivity index (χ4v) is 2.34. The van der Waals surface area contributed by atoms with Crippen LogP contribution in [0, 0.1) is 6.92 Å². The number of benzene rings is 1. The summed E-state index contributed by atoms with van der Waals surface area (Å²) >= 11 is 0. The van der Waals surface area contributed by atoms with E-state index in [1.807, 2.05) is 24.3 Å². The number of oxime groups is 1. The summed E-state index contributed by atoms with van der Waals surface area (Å²) in [5, 5.41) is 16.1. The second-order valence-corrected chi connectivity index (χ2v) is 4.60. The molecule has 102 valence electrons. The first-order chi connectivity index (χ1) is 9.70. The highest BCUT2D eigenvalue weighted by Crippen LogP contribution is 2.28. The largest absolute Gasteiger partial charge is 0.411 e. The highest BCUT2D eigenvalue weighted by molar-refractivity contribution is 6.13. The molecule has 0 aliphatic carbocycles. The van der Waals surface area contributed by atoms with Gasteiger partial charge >= 0.3 is 0 Å². The Bertz CT molecular complexity index is 690. The van der Waals surface area contributed by atoms with E-state index in [2.05, 4.69) is 10.3 Å². The van der Waals surface area contributed by atoms with Crippen molar-refractivity contribution in [3.05, 3.63) is 47.3 Å². The highest BCUT2D eigenvalue weighted by atomic mass is 16.5. The molecule has 6 heteroatoms. The number of carbonyl (C=O) groups excluding carboxylic acids is 1. The van der Waals surface area contributed by atoms with Crippen molar-refractivity contribution in [2.24, 2.45) is 5.16 Å². The summed E-state index contributed by atoms with van der Waals surface area (Å²) in [6.45, 7) is 2.20. The molecule has 0 unspecified atom stereocenters. The van der Waals surface area contributed by atoms with Gasteiger partial charge in [0.1, 0.15) is 0 Å². The summed E-state index contributed by atoms with van der Waals surface area (Å²) in [6, 6.07) is 8.94. The van der Waals surface area contributed by atoms with E-state index in [1.54, 1.807) is 17.9 Å². The Morgan fingerprint density at radius 1 is 1.45 bits per heavy atom. The summed E-state index contributed by atoms with van der Waals surface area (Å²) < 4.78 is 5.03. The van der Waals surface area contributed by atoms with Gasteiger partial charge in [-0.1, -0.05) is 28.5 Å². The average Bonchev–Trinajstić information content (AvgIpc) is 2.92. The number of nitrogens with zero attached hydrogens (tertiary/aromatic N) is 3. The molecule has 2 aromatic rings. The Labute approximate surface area is 115 Å². The first-order valence-electron chi connectivity index (χ1n) is 6.26. The number of anilines is 1. The monoisotopic (exact) mass is 271 g/mol. The molecule has 0 fully saturated rings. The third-order valence-corrected chi connectivity index (χ3v) is 3.28. The first kappa shape index (κ1) is 12.4. The van der Waals surface area contributed by atoms with Gasteiger partial charge in [-0.25, -0.2) is 0 Å². The molecule has 1 N–H and O–H groups in total. The van der Waals surface area contributed by atoms with Crippen LogP contribution in [0.15, 0.2) is 40.0 Å². The zero-order valence-electron chi connectivity index (χ0n) is 10.9. The number of rotatable bonds is 1. The Hall–Kier alpha value is -2.63. The number of hydrogen-bond acceptors (Lipinski definition) is 5. The lowest BCUT2D eigenvalue weighted by Gasteiger charge is -2.28. The van der Waals surface area contributed by atoms with E-state index in [0.29, 0.717) is 30.1 Å². The Morgan fingerprint density at radius 3 is 2.95 bits per heavy atom. The van der Waals surface area contributed by atoms with Crippen LogP contribution in [0.1, 0.15) is 28.2 Å². The van der Waals surface area contributed by atoms with Crippen LogP contribution < -0.4 is 4.90 Å². The molecular weight excluding hydrogens is 258 g/mol. The van der Waals surface area contributed by atoms with Gasteiger partial charge in [0.2, 0.25) is 5.76 Å². The highest BCUT2D eigenvalue weighted by Gasteiger charge is 2.28. The molecule has 0 atom stereocenters. The lowest BCUT2D eigenvalue weighted by molar-refractivity contribution is 0.0951. The molecule has 1 amide bonds. The zero-order chi connectivity index (χ0) is 14.1. The number of fused-ring (bicyclic) bond motifs is 1. The van der Waals surface area contributed by atoms with Crippen LogP contribution >= 0.6 is 0 Å². The van der Waals surface area contributed by atoms with E-state index in [9.17, 15) is 4.79 Å². The molecular formula is C14H13N3O3. The van der Waals surface area contributed by atoms with Crippen molar-refractivity contribution >= 4 is 17.3 Å². The topological polar surface area (TPSA) is 78.9 Å². The maximum atomic E-state index is 12.5. The van der Waals surface area contributed by atoms with Crippen LogP contribution in [0.25, 0.3) is 0 Å². The Kier molecular flexibility index (Phi) is 2.98. The molecule has 0 saturated carbocycles. The van der Waals surface area contributed by atoms with Crippen molar-refractivity contribution in [2.45, 2.75) is 13.3 Å².